The second-order valence-corrected chi connectivity index (χ2v) is 9.71. The number of carbonyl (C=O) groups excluding carboxylic acids is 1. The number of hydrogen-bond acceptors (Lipinski definition) is 6. The van der Waals surface area contributed by atoms with Gasteiger partial charge in [0.05, 0.1) is 5.56 Å². The summed E-state index contributed by atoms with van der Waals surface area (Å²) in [6.45, 7) is 5.69. The predicted octanol–water partition coefficient (Wildman–Crippen LogP) is 5.60. The Labute approximate surface area is 216 Å². The van der Waals surface area contributed by atoms with E-state index in [1.807, 2.05) is 26.1 Å². The third kappa shape index (κ3) is 6.33. The van der Waals surface area contributed by atoms with Crippen LogP contribution in [0.5, 0.6) is 11.6 Å². The summed E-state index contributed by atoms with van der Waals surface area (Å²) >= 11 is 5.82. The molecule has 8 heteroatoms. The fourth-order valence-electron chi connectivity index (χ4n) is 4.60. The second-order valence-electron chi connectivity index (χ2n) is 9.28. The Kier molecular flexibility index (Phi) is 8.44. The summed E-state index contributed by atoms with van der Waals surface area (Å²) in [6.07, 6.45) is 2.68. The highest BCUT2D eigenvalue weighted by Crippen LogP contribution is 2.29. The van der Waals surface area contributed by atoms with E-state index >= 15 is 0 Å². The molecular formula is C28H31ClFN3O3. The molecular weight excluding hydrogens is 481 g/mol. The van der Waals surface area contributed by atoms with E-state index in [4.69, 9.17) is 16.3 Å². The van der Waals surface area contributed by atoms with Crippen LogP contribution < -0.4 is 9.64 Å². The van der Waals surface area contributed by atoms with Gasteiger partial charge in [-0.3, -0.25) is 4.79 Å². The molecule has 0 spiro atoms. The van der Waals surface area contributed by atoms with Crippen molar-refractivity contribution in [3.8, 4) is 11.6 Å². The van der Waals surface area contributed by atoms with Gasteiger partial charge in [-0.2, -0.15) is 0 Å². The molecule has 2 aromatic carbocycles. The lowest BCUT2D eigenvalue weighted by Gasteiger charge is -2.33. The summed E-state index contributed by atoms with van der Waals surface area (Å²) < 4.78 is 19.8. The first-order valence-corrected chi connectivity index (χ1v) is 12.5. The molecule has 1 saturated heterocycles. The number of likely N-dealkylation sites (N-methyl/N-ethyl adjacent to an activating group) is 1. The maximum absolute atomic E-state index is 14.0. The predicted molar refractivity (Wildman–Crippen MR) is 140 cm³/mol. The smallest absolute Gasteiger partial charge is 0.213 e. The highest BCUT2D eigenvalue weighted by atomic mass is 35.5. The van der Waals surface area contributed by atoms with Gasteiger partial charge in [-0.25, -0.2) is 9.37 Å². The van der Waals surface area contributed by atoms with Crippen LogP contribution in [0.3, 0.4) is 0 Å². The van der Waals surface area contributed by atoms with E-state index in [1.165, 1.54) is 6.07 Å². The van der Waals surface area contributed by atoms with E-state index in [-0.39, 0.29) is 18.2 Å². The number of pyridine rings is 1. The average Bonchev–Trinajstić information content (AvgIpc) is 2.87. The number of likely N-dealkylation sites (tertiary alicyclic amines) is 1. The van der Waals surface area contributed by atoms with Crippen molar-refractivity contribution in [2.45, 2.75) is 32.3 Å². The van der Waals surface area contributed by atoms with Crippen LogP contribution in [-0.2, 0) is 6.61 Å². The van der Waals surface area contributed by atoms with Crippen molar-refractivity contribution in [2.75, 3.05) is 38.1 Å². The molecule has 0 amide bonds. The van der Waals surface area contributed by atoms with Gasteiger partial charge in [0.2, 0.25) is 5.88 Å². The minimum absolute atomic E-state index is 0.0157. The molecule has 0 aliphatic carbocycles. The molecule has 1 aliphatic rings. The van der Waals surface area contributed by atoms with Gasteiger partial charge in [-0.15, -0.1) is 0 Å². The number of carbonyl (C=O) groups is 1. The van der Waals surface area contributed by atoms with E-state index in [1.54, 1.807) is 30.3 Å². The van der Waals surface area contributed by atoms with Crippen LogP contribution in [-0.4, -0.2) is 54.5 Å². The molecule has 1 aromatic heterocycles. The number of aryl methyl sites for hydroxylation is 1. The zero-order valence-electron chi connectivity index (χ0n) is 20.6. The first kappa shape index (κ1) is 25.9. The zero-order chi connectivity index (χ0) is 25.7. The fraction of sp³-hybridized carbons (Fsp3) is 0.357. The van der Waals surface area contributed by atoms with Gasteiger partial charge in [-0.05, 0) is 68.8 Å². The number of hydrogen-bond donors (Lipinski definition) is 1. The van der Waals surface area contributed by atoms with E-state index in [0.29, 0.717) is 34.2 Å². The maximum atomic E-state index is 14.0. The lowest BCUT2D eigenvalue weighted by Crippen LogP contribution is -2.38. The number of phenolic OH excluding ortho intramolecular Hbond substituents is 1. The number of ether oxygens (including phenoxy) is 1. The van der Waals surface area contributed by atoms with Crippen molar-refractivity contribution in [1.29, 1.82) is 0 Å². The number of aldehydes is 1. The summed E-state index contributed by atoms with van der Waals surface area (Å²) in [5.41, 5.74) is 3.63. The summed E-state index contributed by atoms with van der Waals surface area (Å²) in [7, 11) is 2.01. The number of aromatic hydroxyl groups is 1. The lowest BCUT2D eigenvalue weighted by atomic mass is 9.93. The number of halogens is 2. The SMILES string of the molecule is Cc1cc(O)c(C=O)cc1N(C)CCN1CCC(c2cccc(OCc3ccc(Cl)cc3F)n2)CC1. The molecule has 0 saturated carbocycles. The molecule has 3 aromatic rings. The van der Waals surface area contributed by atoms with E-state index in [9.17, 15) is 14.3 Å². The van der Waals surface area contributed by atoms with Crippen LogP contribution in [0, 0.1) is 12.7 Å². The van der Waals surface area contributed by atoms with Crippen molar-refractivity contribution >= 4 is 23.6 Å². The van der Waals surface area contributed by atoms with Crippen molar-refractivity contribution in [2.24, 2.45) is 0 Å². The van der Waals surface area contributed by atoms with Gasteiger partial charge in [0.25, 0.3) is 0 Å². The fourth-order valence-corrected chi connectivity index (χ4v) is 4.76. The Morgan fingerprint density at radius 2 is 2.00 bits per heavy atom. The summed E-state index contributed by atoms with van der Waals surface area (Å²) in [5, 5.41) is 10.2. The highest BCUT2D eigenvalue weighted by Gasteiger charge is 2.22. The molecule has 0 bridgehead atoms. The van der Waals surface area contributed by atoms with E-state index in [0.717, 1.165) is 56.0 Å². The van der Waals surface area contributed by atoms with Crippen LogP contribution in [0.25, 0.3) is 0 Å². The minimum atomic E-state index is -0.388. The number of piperidine rings is 1. The lowest BCUT2D eigenvalue weighted by molar-refractivity contribution is 0.112. The Morgan fingerprint density at radius 1 is 1.22 bits per heavy atom. The van der Waals surface area contributed by atoms with E-state index < -0.39 is 0 Å². The topological polar surface area (TPSA) is 65.9 Å². The molecule has 36 heavy (non-hydrogen) atoms. The van der Waals surface area contributed by atoms with Crippen LogP contribution in [0.2, 0.25) is 5.02 Å². The molecule has 6 nitrogen and oxygen atoms in total. The third-order valence-corrected chi connectivity index (χ3v) is 7.01. The normalized spacial score (nSPS) is 14.6. The Bertz CT molecular complexity index is 1210. The minimum Gasteiger partial charge on any atom is -0.507 e. The number of phenols is 1. The van der Waals surface area contributed by atoms with Crippen molar-refractivity contribution in [3.63, 3.8) is 0 Å². The van der Waals surface area contributed by atoms with E-state index in [2.05, 4.69) is 14.8 Å². The van der Waals surface area contributed by atoms with Crippen molar-refractivity contribution < 1.29 is 19.0 Å². The van der Waals surface area contributed by atoms with Gasteiger partial charge < -0.3 is 19.6 Å². The standard InChI is InChI=1S/C28H31ClFN3O3/c1-19-14-27(35)22(17-34)15-26(19)32(2)12-13-33-10-8-20(9-11-33)25-4-3-5-28(31-25)36-18-21-6-7-23(29)16-24(21)30/h3-7,14-17,20,35H,8-13,18H2,1-2H3. The van der Waals surface area contributed by atoms with Crippen LogP contribution in [0.4, 0.5) is 10.1 Å². The number of rotatable bonds is 9. The van der Waals surface area contributed by atoms with Crippen molar-refractivity contribution in [1.82, 2.24) is 9.88 Å². The Balaban J connectivity index is 1.28. The number of benzene rings is 2. The molecule has 0 unspecified atom stereocenters. The second kappa shape index (κ2) is 11.7. The molecule has 1 fully saturated rings. The molecule has 190 valence electrons. The number of nitrogens with zero attached hydrogens (tertiary/aromatic N) is 3. The van der Waals surface area contributed by atoms with Gasteiger partial charge in [0.15, 0.2) is 6.29 Å². The van der Waals surface area contributed by atoms with Crippen molar-refractivity contribution in [3.05, 3.63) is 81.8 Å². The first-order valence-electron chi connectivity index (χ1n) is 12.1. The number of anilines is 1. The molecule has 2 heterocycles. The van der Waals surface area contributed by atoms with Gasteiger partial charge in [0.1, 0.15) is 18.2 Å². The molecule has 0 atom stereocenters. The third-order valence-electron chi connectivity index (χ3n) is 6.78. The summed E-state index contributed by atoms with van der Waals surface area (Å²) in [5.74, 6) is 0.470. The average molecular weight is 512 g/mol. The monoisotopic (exact) mass is 511 g/mol. The summed E-state index contributed by atoms with van der Waals surface area (Å²) in [4.78, 5) is 20.4. The molecule has 1 N–H and O–H groups in total. The Hall–Kier alpha value is -3.16. The largest absolute Gasteiger partial charge is 0.507 e. The van der Waals surface area contributed by atoms with Crippen LogP contribution >= 0.6 is 11.6 Å². The Morgan fingerprint density at radius 3 is 2.72 bits per heavy atom. The zero-order valence-corrected chi connectivity index (χ0v) is 21.3. The van der Waals surface area contributed by atoms with Gasteiger partial charge in [0, 0.05) is 54.1 Å². The summed E-state index contributed by atoms with van der Waals surface area (Å²) in [6, 6.07) is 13.7. The van der Waals surface area contributed by atoms with Crippen LogP contribution in [0.15, 0.2) is 48.5 Å². The van der Waals surface area contributed by atoms with Gasteiger partial charge in [-0.1, -0.05) is 23.7 Å². The first-order chi connectivity index (χ1) is 17.3. The quantitative estimate of drug-likeness (QED) is 0.377. The number of aromatic nitrogens is 1. The molecule has 0 radical (unpaired) electrons. The molecule has 1 aliphatic heterocycles. The maximum Gasteiger partial charge on any atom is 0.213 e. The highest BCUT2D eigenvalue weighted by molar-refractivity contribution is 6.30. The van der Waals surface area contributed by atoms with Crippen LogP contribution in [0.1, 0.15) is 45.9 Å². The van der Waals surface area contributed by atoms with Gasteiger partial charge >= 0.3 is 0 Å². The molecule has 4 rings (SSSR count).